The Morgan fingerprint density at radius 2 is 0.861 bits per heavy atom. The fourth-order valence-electron chi connectivity index (χ4n) is 8.17. The van der Waals surface area contributed by atoms with Crippen LogP contribution in [0.25, 0.3) is 0 Å². The van der Waals surface area contributed by atoms with Crippen LogP contribution in [0.5, 0.6) is 0 Å². The van der Waals surface area contributed by atoms with Crippen molar-refractivity contribution in [3.05, 3.63) is 97.2 Å². The number of hydrogen-bond donors (Lipinski definition) is 2. The molecule has 1 amide bonds. The van der Waals surface area contributed by atoms with E-state index in [4.69, 9.17) is 9.05 Å². The van der Waals surface area contributed by atoms with Crippen LogP contribution in [0.2, 0.25) is 0 Å². The average Bonchev–Trinajstić information content (AvgIpc) is 3.34. The average molecular weight is 1030 g/mol. The Morgan fingerprint density at radius 1 is 0.500 bits per heavy atom. The summed E-state index contributed by atoms with van der Waals surface area (Å²) in [5, 5.41) is 13.8. The van der Waals surface area contributed by atoms with Crippen molar-refractivity contribution in [2.24, 2.45) is 0 Å². The fraction of sp³-hybridized carbons (Fsp3) is 0.730. The molecule has 0 aliphatic carbocycles. The zero-order valence-corrected chi connectivity index (χ0v) is 48.2. The predicted octanol–water partition coefficient (Wildman–Crippen LogP) is 17.6. The van der Waals surface area contributed by atoms with Gasteiger partial charge in [-0.2, -0.15) is 0 Å². The highest BCUT2D eigenvalue weighted by atomic mass is 31.2. The largest absolute Gasteiger partial charge is 0.756 e. The molecule has 0 rings (SSSR count). The third kappa shape index (κ3) is 55.2. The number of phosphoric ester groups is 1. The van der Waals surface area contributed by atoms with Gasteiger partial charge in [0, 0.05) is 6.42 Å². The zero-order chi connectivity index (χ0) is 52.7. The maximum atomic E-state index is 12.9. The Labute approximate surface area is 445 Å². The summed E-state index contributed by atoms with van der Waals surface area (Å²) in [6.07, 6.45) is 76.5. The number of carbonyl (C=O) groups is 1. The van der Waals surface area contributed by atoms with E-state index in [1.807, 2.05) is 27.2 Å². The molecule has 3 unspecified atom stereocenters. The highest BCUT2D eigenvalue weighted by Crippen LogP contribution is 2.38. The van der Waals surface area contributed by atoms with Gasteiger partial charge in [0.2, 0.25) is 5.91 Å². The molecule has 0 spiro atoms. The number of aliphatic hydroxyl groups excluding tert-OH is 1. The molecule has 8 nitrogen and oxygen atoms in total. The molecule has 2 N–H and O–H groups in total. The van der Waals surface area contributed by atoms with E-state index in [0.29, 0.717) is 17.4 Å². The van der Waals surface area contributed by atoms with Crippen LogP contribution in [-0.4, -0.2) is 68.5 Å². The fourth-order valence-corrected chi connectivity index (χ4v) is 8.90. The molecule has 0 saturated heterocycles. The molecule has 0 aromatic carbocycles. The van der Waals surface area contributed by atoms with Gasteiger partial charge in [-0.05, 0) is 83.5 Å². The normalized spacial score (nSPS) is 14.6. The van der Waals surface area contributed by atoms with E-state index in [-0.39, 0.29) is 18.9 Å². The second-order valence-electron chi connectivity index (χ2n) is 21.0. The number of nitrogens with zero attached hydrogens (tertiary/aromatic N) is 1. The summed E-state index contributed by atoms with van der Waals surface area (Å²) in [6, 6.07) is -0.935. The summed E-state index contributed by atoms with van der Waals surface area (Å²) < 4.78 is 23.3. The molecule has 416 valence electrons. The van der Waals surface area contributed by atoms with E-state index >= 15 is 0 Å². The smallest absolute Gasteiger partial charge is 0.268 e. The Kier molecular flexibility index (Phi) is 51.3. The molecule has 9 heteroatoms. The number of carbonyl (C=O) groups excluding carboxylic acids is 1. The van der Waals surface area contributed by atoms with Gasteiger partial charge in [0.1, 0.15) is 13.2 Å². The van der Waals surface area contributed by atoms with E-state index in [1.165, 1.54) is 148 Å². The zero-order valence-electron chi connectivity index (χ0n) is 47.4. The first-order valence-electron chi connectivity index (χ1n) is 29.6. The highest BCUT2D eigenvalue weighted by Gasteiger charge is 2.23. The van der Waals surface area contributed by atoms with E-state index in [1.54, 1.807) is 6.08 Å². The predicted molar refractivity (Wildman–Crippen MR) is 311 cm³/mol. The number of unbranched alkanes of at least 4 members (excludes halogenated alkanes) is 26. The molecular formula is C63H113N2O6P. The van der Waals surface area contributed by atoms with Crippen molar-refractivity contribution >= 4 is 13.7 Å². The van der Waals surface area contributed by atoms with Gasteiger partial charge < -0.3 is 28.8 Å². The first-order valence-corrected chi connectivity index (χ1v) is 31.1. The number of nitrogens with one attached hydrogen (secondary N) is 1. The van der Waals surface area contributed by atoms with Crippen LogP contribution in [0.1, 0.15) is 245 Å². The number of allylic oxidation sites excluding steroid dienone is 15. The van der Waals surface area contributed by atoms with Gasteiger partial charge in [0.25, 0.3) is 7.82 Å². The van der Waals surface area contributed by atoms with E-state index in [0.717, 1.165) is 70.6 Å². The number of rotatable bonds is 53. The summed E-state index contributed by atoms with van der Waals surface area (Å²) in [5.41, 5.74) is 0. The number of phosphoric acid groups is 1. The number of quaternary nitrogens is 1. The molecule has 0 radical (unpaired) electrons. The Bertz CT molecular complexity index is 1490. The Morgan fingerprint density at radius 3 is 1.29 bits per heavy atom. The standard InChI is InChI=1S/C63H113N2O6P/c1-6-8-10-12-14-16-18-20-22-24-26-28-29-30-31-32-33-34-35-37-38-40-42-44-46-48-50-52-54-56-62(66)61(60-71-72(68,69)70-59-58-65(3,4)5)64-63(67)57-55-53-51-49-47-45-43-41-39-36-27-25-23-21-19-17-15-13-11-9-7-2/h9,11,15,17,21,23,27,36,41,43,46-49,54,56,61-62,66H,6-8,10,12-14,16,18-20,22,24-26,28-35,37-40,42,44-45,50-53,55,57-60H2,1-5H3,(H-,64,67,68,69)/b11-9-,17-15-,23-21-,36-27-,43-41-,48-46+,49-47-,56-54+. The molecule has 0 aromatic heterocycles. The lowest BCUT2D eigenvalue weighted by molar-refractivity contribution is -0.870. The van der Waals surface area contributed by atoms with Crippen molar-refractivity contribution < 1.29 is 32.9 Å². The molecule has 0 aromatic rings. The van der Waals surface area contributed by atoms with Crippen molar-refractivity contribution in [1.82, 2.24) is 5.32 Å². The SMILES string of the molecule is CC/C=C\C/C=C\C/C=C\C/C=C\C/C=C\C/C=C\CCCCC(=O)NC(COP(=O)([O-])OCC[N+](C)(C)C)C(O)/C=C/CC/C=C/CCCCCCCCCCCCCCCCCCCCCCCCC. The highest BCUT2D eigenvalue weighted by molar-refractivity contribution is 7.45. The van der Waals surface area contributed by atoms with Crippen LogP contribution in [-0.2, 0) is 18.4 Å². The minimum absolute atomic E-state index is 0.0201. The molecule has 3 atom stereocenters. The summed E-state index contributed by atoms with van der Waals surface area (Å²) in [6.45, 7) is 4.49. The maximum absolute atomic E-state index is 12.9. The Hall–Kier alpha value is -2.58. The topological polar surface area (TPSA) is 108 Å². The lowest BCUT2D eigenvalue weighted by atomic mass is 10.0. The van der Waals surface area contributed by atoms with Crippen LogP contribution < -0.4 is 10.2 Å². The first kappa shape index (κ1) is 69.4. The van der Waals surface area contributed by atoms with Gasteiger partial charge >= 0.3 is 0 Å². The van der Waals surface area contributed by atoms with Gasteiger partial charge in [-0.1, -0.05) is 252 Å². The molecule has 0 heterocycles. The molecule has 0 aliphatic heterocycles. The van der Waals surface area contributed by atoms with Crippen molar-refractivity contribution in [3.8, 4) is 0 Å². The van der Waals surface area contributed by atoms with Gasteiger partial charge in [0.05, 0.1) is 39.9 Å². The monoisotopic (exact) mass is 1020 g/mol. The van der Waals surface area contributed by atoms with E-state index in [9.17, 15) is 19.4 Å². The third-order valence-electron chi connectivity index (χ3n) is 12.8. The third-order valence-corrected chi connectivity index (χ3v) is 13.7. The van der Waals surface area contributed by atoms with Crippen molar-refractivity contribution in [3.63, 3.8) is 0 Å². The summed E-state index contributed by atoms with van der Waals surface area (Å²) >= 11 is 0. The van der Waals surface area contributed by atoms with Crippen LogP contribution in [0, 0.1) is 0 Å². The number of likely N-dealkylation sites (N-methyl/N-ethyl adjacent to an activating group) is 1. The Balaban J connectivity index is 4.30. The summed E-state index contributed by atoms with van der Waals surface area (Å²) in [4.78, 5) is 25.5. The van der Waals surface area contributed by atoms with E-state index in [2.05, 4.69) is 104 Å². The van der Waals surface area contributed by atoms with Gasteiger partial charge in [0.15, 0.2) is 0 Å². The first-order chi connectivity index (χ1) is 35.0. The van der Waals surface area contributed by atoms with E-state index < -0.39 is 26.6 Å². The molecule has 0 saturated carbocycles. The quantitative estimate of drug-likeness (QED) is 0.0272. The molecule has 0 bridgehead atoms. The number of amides is 1. The second-order valence-corrected chi connectivity index (χ2v) is 22.4. The number of hydrogen-bond acceptors (Lipinski definition) is 6. The van der Waals surface area contributed by atoms with Crippen LogP contribution >= 0.6 is 7.82 Å². The lowest BCUT2D eigenvalue weighted by Crippen LogP contribution is -2.45. The molecule has 0 aliphatic rings. The minimum Gasteiger partial charge on any atom is -0.756 e. The van der Waals surface area contributed by atoms with Crippen LogP contribution in [0.4, 0.5) is 0 Å². The van der Waals surface area contributed by atoms with Gasteiger partial charge in [-0.3, -0.25) is 9.36 Å². The summed E-state index contributed by atoms with van der Waals surface area (Å²) in [7, 11) is 1.20. The summed E-state index contributed by atoms with van der Waals surface area (Å²) in [5.74, 6) is -0.251. The molecule has 0 fully saturated rings. The molecule has 72 heavy (non-hydrogen) atoms. The molecular weight excluding hydrogens is 912 g/mol. The van der Waals surface area contributed by atoms with Crippen molar-refractivity contribution in [2.45, 2.75) is 257 Å². The second kappa shape index (κ2) is 53.3. The van der Waals surface area contributed by atoms with Gasteiger partial charge in [-0.25, -0.2) is 0 Å². The van der Waals surface area contributed by atoms with Crippen molar-refractivity contribution in [1.29, 1.82) is 0 Å². The van der Waals surface area contributed by atoms with Crippen LogP contribution in [0.3, 0.4) is 0 Å². The van der Waals surface area contributed by atoms with Crippen molar-refractivity contribution in [2.75, 3.05) is 40.9 Å². The lowest BCUT2D eigenvalue weighted by Gasteiger charge is -2.29. The maximum Gasteiger partial charge on any atom is 0.268 e. The van der Waals surface area contributed by atoms with Gasteiger partial charge in [-0.15, -0.1) is 0 Å². The van der Waals surface area contributed by atoms with Crippen LogP contribution in [0.15, 0.2) is 97.2 Å². The number of aliphatic hydroxyl groups is 1. The minimum atomic E-state index is -4.63.